The summed E-state index contributed by atoms with van der Waals surface area (Å²) in [6, 6.07) is 8.53. The largest absolute Gasteiger partial charge is 0.330 e. The molecular formula is C14H21BrN2. The van der Waals surface area contributed by atoms with Gasteiger partial charge in [0.05, 0.1) is 0 Å². The zero-order valence-corrected chi connectivity index (χ0v) is 12.0. The first-order chi connectivity index (χ1) is 8.22. The van der Waals surface area contributed by atoms with Crippen molar-refractivity contribution in [1.82, 2.24) is 4.90 Å². The maximum atomic E-state index is 6.09. The number of nitrogens with zero attached hydrogens (tertiary/aromatic N) is 1. The van der Waals surface area contributed by atoms with Crippen LogP contribution in [0.5, 0.6) is 0 Å². The molecule has 0 unspecified atom stereocenters. The minimum Gasteiger partial charge on any atom is -0.330 e. The van der Waals surface area contributed by atoms with Crippen LogP contribution in [0.3, 0.4) is 0 Å². The number of nitrogens with two attached hydrogens (primary N) is 1. The van der Waals surface area contributed by atoms with E-state index in [0.717, 1.165) is 26.2 Å². The van der Waals surface area contributed by atoms with Crippen molar-refractivity contribution in [2.75, 3.05) is 26.2 Å². The van der Waals surface area contributed by atoms with Crippen molar-refractivity contribution in [2.24, 2.45) is 5.73 Å². The van der Waals surface area contributed by atoms with Crippen molar-refractivity contribution in [1.29, 1.82) is 0 Å². The lowest BCUT2D eigenvalue weighted by atomic mass is 9.73. The summed E-state index contributed by atoms with van der Waals surface area (Å²) in [4.78, 5) is 2.50. The minimum atomic E-state index is 0.172. The second kappa shape index (κ2) is 5.51. The lowest BCUT2D eigenvalue weighted by molar-refractivity contribution is 0.168. The zero-order chi connectivity index (χ0) is 12.3. The second-order valence-corrected chi connectivity index (χ2v) is 5.75. The summed E-state index contributed by atoms with van der Waals surface area (Å²) in [6.07, 6.45) is 2.33. The van der Waals surface area contributed by atoms with Crippen molar-refractivity contribution >= 4 is 15.9 Å². The van der Waals surface area contributed by atoms with E-state index in [1.807, 2.05) is 0 Å². The quantitative estimate of drug-likeness (QED) is 0.929. The molecule has 0 radical (unpaired) electrons. The van der Waals surface area contributed by atoms with E-state index in [1.54, 1.807) is 0 Å². The molecule has 1 fully saturated rings. The fourth-order valence-electron chi connectivity index (χ4n) is 2.77. The van der Waals surface area contributed by atoms with Gasteiger partial charge in [0.15, 0.2) is 0 Å². The molecule has 0 aromatic heterocycles. The van der Waals surface area contributed by atoms with Crippen molar-refractivity contribution in [3.8, 4) is 0 Å². The predicted molar refractivity (Wildman–Crippen MR) is 76.2 cm³/mol. The molecule has 3 heteroatoms. The van der Waals surface area contributed by atoms with Crippen LogP contribution in [0.15, 0.2) is 28.7 Å². The van der Waals surface area contributed by atoms with Gasteiger partial charge in [0.1, 0.15) is 0 Å². The predicted octanol–water partition coefficient (Wildman–Crippen LogP) is 2.76. The molecule has 2 N–H and O–H groups in total. The van der Waals surface area contributed by atoms with Gasteiger partial charge < -0.3 is 10.6 Å². The molecule has 94 valence electrons. The molecule has 1 aromatic carbocycles. The van der Waals surface area contributed by atoms with Crippen LogP contribution >= 0.6 is 15.9 Å². The first-order valence-corrected chi connectivity index (χ1v) is 7.18. The number of hydrogen-bond acceptors (Lipinski definition) is 2. The van der Waals surface area contributed by atoms with E-state index in [1.165, 1.54) is 22.9 Å². The molecule has 0 aliphatic carbocycles. The molecule has 0 saturated carbocycles. The SMILES string of the molecule is CCN1CCC(CN)(c2ccccc2Br)CC1. The first-order valence-electron chi connectivity index (χ1n) is 6.39. The van der Waals surface area contributed by atoms with Crippen LogP contribution in [0.2, 0.25) is 0 Å². The van der Waals surface area contributed by atoms with Gasteiger partial charge in [-0.25, -0.2) is 0 Å². The molecule has 0 atom stereocenters. The van der Waals surface area contributed by atoms with Crippen LogP contribution in [0, 0.1) is 0 Å². The molecule has 0 amide bonds. The molecule has 17 heavy (non-hydrogen) atoms. The Balaban J connectivity index is 2.24. The molecule has 1 aliphatic rings. The van der Waals surface area contributed by atoms with Crippen LogP contribution in [0.1, 0.15) is 25.3 Å². The number of rotatable bonds is 3. The molecule has 1 aromatic rings. The average molecular weight is 297 g/mol. The average Bonchev–Trinajstić information content (AvgIpc) is 2.39. The van der Waals surface area contributed by atoms with Gasteiger partial charge in [-0.1, -0.05) is 41.1 Å². The van der Waals surface area contributed by atoms with Crippen molar-refractivity contribution in [3.63, 3.8) is 0 Å². The Kier molecular flexibility index (Phi) is 4.23. The van der Waals surface area contributed by atoms with Crippen LogP contribution < -0.4 is 5.73 Å². The monoisotopic (exact) mass is 296 g/mol. The van der Waals surface area contributed by atoms with Crippen molar-refractivity contribution in [3.05, 3.63) is 34.3 Å². The summed E-state index contributed by atoms with van der Waals surface area (Å²) < 4.78 is 1.20. The van der Waals surface area contributed by atoms with E-state index in [9.17, 15) is 0 Å². The third kappa shape index (κ3) is 2.56. The van der Waals surface area contributed by atoms with Crippen molar-refractivity contribution < 1.29 is 0 Å². The van der Waals surface area contributed by atoms with Gasteiger partial charge in [-0.15, -0.1) is 0 Å². The molecular weight excluding hydrogens is 276 g/mol. The van der Waals surface area contributed by atoms with Gasteiger partial charge in [-0.3, -0.25) is 0 Å². The van der Waals surface area contributed by atoms with Crippen LogP contribution in [-0.4, -0.2) is 31.1 Å². The summed E-state index contributed by atoms with van der Waals surface area (Å²) in [5.74, 6) is 0. The zero-order valence-electron chi connectivity index (χ0n) is 10.5. The van der Waals surface area contributed by atoms with E-state index in [2.05, 4.69) is 52.0 Å². The van der Waals surface area contributed by atoms with Gasteiger partial charge in [0.2, 0.25) is 0 Å². The highest BCUT2D eigenvalue weighted by Gasteiger charge is 2.35. The Morgan fingerprint density at radius 2 is 1.94 bits per heavy atom. The maximum Gasteiger partial charge on any atom is 0.0213 e. The Bertz CT molecular complexity index is 370. The molecule has 1 saturated heterocycles. The third-order valence-electron chi connectivity index (χ3n) is 4.10. The van der Waals surface area contributed by atoms with E-state index in [-0.39, 0.29) is 5.41 Å². The number of hydrogen-bond donors (Lipinski definition) is 1. The van der Waals surface area contributed by atoms with Crippen LogP contribution in [-0.2, 0) is 5.41 Å². The Morgan fingerprint density at radius 3 is 2.47 bits per heavy atom. The lowest BCUT2D eigenvalue weighted by Crippen LogP contribution is -2.46. The Morgan fingerprint density at radius 1 is 1.29 bits per heavy atom. The van der Waals surface area contributed by atoms with Gasteiger partial charge in [-0.2, -0.15) is 0 Å². The fraction of sp³-hybridized carbons (Fsp3) is 0.571. The van der Waals surface area contributed by atoms with E-state index in [0.29, 0.717) is 0 Å². The highest BCUT2D eigenvalue weighted by Crippen LogP contribution is 2.38. The third-order valence-corrected chi connectivity index (χ3v) is 4.79. The highest BCUT2D eigenvalue weighted by atomic mass is 79.9. The summed E-state index contributed by atoms with van der Waals surface area (Å²) >= 11 is 3.67. The highest BCUT2D eigenvalue weighted by molar-refractivity contribution is 9.10. The Labute approximate surface area is 112 Å². The lowest BCUT2D eigenvalue weighted by Gasteiger charge is -2.41. The minimum absolute atomic E-state index is 0.172. The van der Waals surface area contributed by atoms with Gasteiger partial charge in [0.25, 0.3) is 0 Å². The fourth-order valence-corrected chi connectivity index (χ4v) is 3.48. The molecule has 0 spiro atoms. The van der Waals surface area contributed by atoms with Crippen LogP contribution in [0.25, 0.3) is 0 Å². The van der Waals surface area contributed by atoms with Crippen LogP contribution in [0.4, 0.5) is 0 Å². The number of halogens is 1. The summed E-state index contributed by atoms with van der Waals surface area (Å²) in [5.41, 5.74) is 7.65. The number of benzene rings is 1. The van der Waals surface area contributed by atoms with Gasteiger partial charge in [0, 0.05) is 16.4 Å². The number of likely N-dealkylation sites (tertiary alicyclic amines) is 1. The molecule has 2 rings (SSSR count). The molecule has 1 heterocycles. The molecule has 2 nitrogen and oxygen atoms in total. The normalized spacial score (nSPS) is 20.4. The van der Waals surface area contributed by atoms with E-state index in [4.69, 9.17) is 5.73 Å². The van der Waals surface area contributed by atoms with E-state index < -0.39 is 0 Å². The standard InChI is InChI=1S/C14H21BrN2/c1-2-17-9-7-14(11-16,8-10-17)12-5-3-4-6-13(12)15/h3-6H,2,7-11,16H2,1H3. The number of piperidine rings is 1. The Hall–Kier alpha value is -0.380. The van der Waals surface area contributed by atoms with E-state index >= 15 is 0 Å². The van der Waals surface area contributed by atoms with Gasteiger partial charge >= 0.3 is 0 Å². The van der Waals surface area contributed by atoms with Crippen molar-refractivity contribution in [2.45, 2.75) is 25.2 Å². The summed E-state index contributed by atoms with van der Waals surface area (Å²) in [5, 5.41) is 0. The molecule has 1 aliphatic heterocycles. The summed E-state index contributed by atoms with van der Waals surface area (Å²) in [7, 11) is 0. The maximum absolute atomic E-state index is 6.09. The van der Waals surface area contributed by atoms with Gasteiger partial charge in [-0.05, 0) is 44.1 Å². The summed E-state index contributed by atoms with van der Waals surface area (Å²) in [6.45, 7) is 6.45. The smallest absolute Gasteiger partial charge is 0.0213 e. The second-order valence-electron chi connectivity index (χ2n) is 4.90. The topological polar surface area (TPSA) is 29.3 Å². The first kappa shape index (κ1) is 13.1. The molecule has 0 bridgehead atoms.